The van der Waals surface area contributed by atoms with Crippen molar-refractivity contribution >= 4 is 155 Å². The number of aliphatic imine (C=N–C) groups is 3. The zero-order valence-corrected chi connectivity index (χ0v) is 76.2. The summed E-state index contributed by atoms with van der Waals surface area (Å²) in [7, 11) is 0. The Balaban J connectivity index is 0.000000134. The fraction of sp³-hybridized carbons (Fsp3) is 0.371. The topological polar surface area (TPSA) is 451 Å². The molecule has 4 saturated heterocycles. The molecule has 4 atom stereocenters. The average Bonchev–Trinajstić information content (AvgIpc) is 1.47. The first-order chi connectivity index (χ1) is 65.7. The lowest BCUT2D eigenvalue weighted by Crippen LogP contribution is -2.36. The molecule has 716 valence electrons. The van der Waals surface area contributed by atoms with Crippen LogP contribution in [0.3, 0.4) is 0 Å². The number of carbonyl (C=O) groups is 4. The Morgan fingerprint density at radius 2 is 0.752 bits per heavy atom. The number of hydrogen-bond donors (Lipinski definition) is 6. The molecule has 8 heterocycles. The van der Waals surface area contributed by atoms with E-state index in [0.29, 0.717) is 78.1 Å². The minimum Gasteiger partial charge on any atom is -0.477 e. The van der Waals surface area contributed by atoms with Gasteiger partial charge in [-0.25, -0.2) is 36.7 Å². The Morgan fingerprint density at radius 1 is 0.409 bits per heavy atom. The van der Waals surface area contributed by atoms with Crippen molar-refractivity contribution in [3.8, 4) is 0 Å². The van der Waals surface area contributed by atoms with Crippen molar-refractivity contribution in [3.63, 3.8) is 0 Å². The highest BCUT2D eigenvalue weighted by Gasteiger charge is 2.36. The van der Waals surface area contributed by atoms with Crippen LogP contribution < -0.4 is 47.5 Å². The van der Waals surface area contributed by atoms with Gasteiger partial charge in [-0.15, -0.1) is 0 Å². The van der Waals surface area contributed by atoms with Gasteiger partial charge in [0.15, 0.2) is 0 Å². The molecule has 8 fully saturated rings. The van der Waals surface area contributed by atoms with Gasteiger partial charge in [-0.05, 0) is 175 Å². The van der Waals surface area contributed by atoms with E-state index in [1.807, 2.05) is 20.8 Å². The number of nitro benzene ring substituents is 3. The van der Waals surface area contributed by atoms with Crippen molar-refractivity contribution in [2.24, 2.45) is 20.7 Å². The Hall–Kier alpha value is -13.6. The molecule has 4 aliphatic heterocycles. The largest absolute Gasteiger partial charge is 0.477 e. The van der Waals surface area contributed by atoms with E-state index < -0.39 is 84.3 Å². The Labute approximate surface area is 793 Å². The number of non-ortho nitro benzene ring substituents is 3. The van der Waals surface area contributed by atoms with Gasteiger partial charge in [-0.3, -0.25) is 64.5 Å². The van der Waals surface area contributed by atoms with Gasteiger partial charge in [0.25, 0.3) is 17.1 Å². The molecule has 7 N–H and O–H groups in total. The van der Waals surface area contributed by atoms with Crippen LogP contribution in [-0.4, -0.2) is 173 Å². The first-order valence-electron chi connectivity index (χ1n) is 45.2. The van der Waals surface area contributed by atoms with Gasteiger partial charge >= 0.3 is 23.9 Å². The number of benzene rings is 7. The van der Waals surface area contributed by atoms with Gasteiger partial charge in [-0.2, -0.15) is 0 Å². The number of pyridine rings is 4. The van der Waals surface area contributed by atoms with Crippen LogP contribution in [0.25, 0.3) is 43.6 Å². The van der Waals surface area contributed by atoms with Crippen molar-refractivity contribution in [1.29, 1.82) is 0 Å². The number of nitro groups is 3. The summed E-state index contributed by atoms with van der Waals surface area (Å²) in [6.45, 7) is 5.05. The molecule has 137 heavy (non-hydrogen) atoms. The maximum atomic E-state index is 15.5. The highest BCUT2D eigenvalue weighted by Crippen LogP contribution is 2.46. The Bertz CT molecular complexity index is 6970. The van der Waals surface area contributed by atoms with Gasteiger partial charge in [0, 0.05) is 167 Å². The number of nitrogens with one attached hydrogen (secondary N) is 1. The second-order valence-electron chi connectivity index (χ2n) is 35.3. The van der Waals surface area contributed by atoms with Crippen LogP contribution in [0.2, 0.25) is 15.1 Å². The number of aromatic carboxylic acids is 4. The molecule has 4 aliphatic carbocycles. The van der Waals surface area contributed by atoms with E-state index in [1.54, 1.807) is 79.4 Å². The Kier molecular flexibility index (Phi) is 30.5. The highest BCUT2D eigenvalue weighted by molar-refractivity contribution is 6.38. The van der Waals surface area contributed by atoms with Gasteiger partial charge in [0.05, 0.1) is 97.9 Å². The number of carboxylic acid groups (broad SMARTS) is 4. The monoisotopic (exact) mass is 1940 g/mol. The molecule has 33 nitrogen and oxygen atoms in total. The smallest absolute Gasteiger partial charge is 0.341 e. The molecular weight excluding hydrogens is 1850 g/mol. The molecule has 0 bridgehead atoms. The first kappa shape index (κ1) is 97.9. The van der Waals surface area contributed by atoms with Crippen LogP contribution in [-0.2, 0) is 0 Å². The maximum absolute atomic E-state index is 15.5. The zero-order chi connectivity index (χ0) is 97.5. The molecular formula is C97H96Cl3F4N15O18. The molecule has 8 aliphatic rings. The SMILES string of the molecule is N[C@@H]1CCCCN(c2c(F)cc3c(=O)c(C(=O)O)cn(C4CC4)c3c2Cl)C1.O=C(O)c1cn(C2CC2)c2c(Cl)c(N3CCCC[C@@H](N=Cc4cccc([N+](=O)[O-])c4)C3)c(F)cc2c1=O.O=C(O)c1cn(C2CC2)c2cc(Cl)c(F)cc2c1=O.O=C(O)c1cn(C2CC2)c2cc(N3CCCC[C@@H](N=Cc4cccc([N+](=O)[O-])c4)C3)c(F)cc2c1=O.O=[N+]([O-])c1cccc(C=N[C@@H]2CCCCNC2)c1. The van der Waals surface area contributed by atoms with E-state index in [1.165, 1.54) is 74.0 Å². The van der Waals surface area contributed by atoms with E-state index in [-0.39, 0.29) is 135 Å². The fourth-order valence-corrected chi connectivity index (χ4v) is 18.7. The number of halogens is 7. The minimum atomic E-state index is -1.36. The van der Waals surface area contributed by atoms with Crippen LogP contribution in [0.1, 0.15) is 211 Å². The quantitative estimate of drug-likeness (QED) is 0.0179. The third-order valence-corrected chi connectivity index (χ3v) is 26.3. The zero-order valence-electron chi connectivity index (χ0n) is 73.9. The molecule has 11 aromatic rings. The predicted molar refractivity (Wildman–Crippen MR) is 515 cm³/mol. The third-order valence-electron chi connectivity index (χ3n) is 25.3. The molecule has 4 aromatic heterocycles. The lowest BCUT2D eigenvalue weighted by atomic mass is 10.1. The number of carboxylic acids is 4. The fourth-order valence-electron chi connectivity index (χ4n) is 17.7. The number of hydrogen-bond acceptors (Lipinski definition) is 22. The van der Waals surface area contributed by atoms with Gasteiger partial charge in [0.1, 0.15) is 45.5 Å². The Morgan fingerprint density at radius 3 is 1.17 bits per heavy atom. The average molecular weight is 1940 g/mol. The highest BCUT2D eigenvalue weighted by atomic mass is 35.5. The summed E-state index contributed by atoms with van der Waals surface area (Å²) < 4.78 is 66.3. The minimum absolute atomic E-state index is 0.00664. The number of anilines is 3. The van der Waals surface area contributed by atoms with Crippen LogP contribution in [0.5, 0.6) is 0 Å². The normalized spacial score (nSPS) is 18.7. The molecule has 4 saturated carbocycles. The van der Waals surface area contributed by atoms with E-state index in [4.69, 9.17) is 45.6 Å². The summed E-state index contributed by atoms with van der Waals surface area (Å²) in [4.78, 5) is 147. The first-order valence-corrected chi connectivity index (χ1v) is 46.3. The lowest BCUT2D eigenvalue weighted by Gasteiger charge is -2.27. The van der Waals surface area contributed by atoms with E-state index >= 15 is 13.2 Å². The van der Waals surface area contributed by atoms with Crippen LogP contribution in [0, 0.1) is 53.6 Å². The van der Waals surface area contributed by atoms with Gasteiger partial charge in [0.2, 0.25) is 21.7 Å². The van der Waals surface area contributed by atoms with E-state index in [9.17, 15) is 88.4 Å². The number of rotatable bonds is 20. The molecule has 40 heteroatoms. The number of aromatic nitrogens is 4. The van der Waals surface area contributed by atoms with Crippen molar-refractivity contribution in [1.82, 2.24) is 23.6 Å². The van der Waals surface area contributed by atoms with Crippen LogP contribution >= 0.6 is 34.8 Å². The van der Waals surface area contributed by atoms with Crippen LogP contribution in [0.15, 0.2) is 168 Å². The number of nitrogens with two attached hydrogens (primary N) is 1. The van der Waals surface area contributed by atoms with E-state index in [0.717, 1.165) is 158 Å². The summed E-state index contributed by atoms with van der Waals surface area (Å²) in [5.74, 6) is -7.93. The second kappa shape index (κ2) is 42.7. The molecule has 0 unspecified atom stereocenters. The summed E-state index contributed by atoms with van der Waals surface area (Å²) in [6.07, 6.45) is 28.4. The molecule has 19 rings (SSSR count). The van der Waals surface area contributed by atoms with Crippen molar-refractivity contribution in [2.75, 3.05) is 67.1 Å². The second-order valence-corrected chi connectivity index (χ2v) is 36.5. The van der Waals surface area contributed by atoms with Crippen molar-refractivity contribution in [3.05, 3.63) is 282 Å². The molecule has 0 amide bonds. The summed E-state index contributed by atoms with van der Waals surface area (Å²) in [5, 5.41) is 73.7. The van der Waals surface area contributed by atoms with E-state index in [2.05, 4.69) is 20.3 Å². The van der Waals surface area contributed by atoms with Crippen molar-refractivity contribution in [2.45, 2.75) is 177 Å². The van der Waals surface area contributed by atoms with Crippen LogP contribution in [0.4, 0.5) is 51.7 Å². The maximum Gasteiger partial charge on any atom is 0.341 e. The summed E-state index contributed by atoms with van der Waals surface area (Å²) in [6, 6.07) is 26.6. The van der Waals surface area contributed by atoms with Gasteiger partial charge < -0.3 is 64.4 Å². The number of fused-ring (bicyclic) bond motifs is 4. The molecule has 0 radical (unpaired) electrons. The third kappa shape index (κ3) is 23.0. The summed E-state index contributed by atoms with van der Waals surface area (Å²) >= 11 is 19.2. The molecule has 7 aromatic carbocycles. The van der Waals surface area contributed by atoms with Crippen molar-refractivity contribution < 1.29 is 71.9 Å². The lowest BCUT2D eigenvalue weighted by molar-refractivity contribution is -0.385. The molecule has 0 spiro atoms. The summed E-state index contributed by atoms with van der Waals surface area (Å²) in [5.41, 5.74) is 6.41. The standard InChI is InChI=1S/C26H24ClFN4O5.C26H25FN4O5.C19H21ClFN3O3.C13H9ClFNO3.C13H17N3O2/c27-22-23-19(25(33)20(26(34)35)14-31(23)17-7-8-17)11-21(28)24(22)30-9-2-1-5-16(13-30)29-12-15-4-3-6-18(10-15)32(36)37;27-22-11-20-23(30(18-7-8-18)15-21(25(20)32)26(33)34)12-24(22)29-9-2-1-5-17(14-29)28-13-16-4-3-6-19(10-16)31(35)36;20-15-16-12(18(25)13(19(26)27)9-24(16)11-4-5-11)7-14(21)17(15)23-6-2-1-3-10(22)8-23;14-9-4-11-7(3-10(9)15)12(17)8(13(18)19)5-16(11)6-1-2-6;17-16(18)13-6-3-4-11(8-13)9-15-12-5-1-2-7-14-10-12/h3-4,6,10-12,14,16-17H,1-2,5,7-9,13H2,(H,34,35);3-4,6,10-13,15,17-18H,1-2,5,7-9,14H2,(H,33,34);7,9-11H,1-6,8,22H2,(H,26,27);3-6H,1-2H2,(H,18,19);3-4,6,8-9,12,14H,1-2,5,7,10H2/t16-;17-;10-;;12-/m111.1/s1. The predicted octanol–water partition coefficient (Wildman–Crippen LogP) is 17.9. The number of nitrogens with zero attached hydrogens (tertiary/aromatic N) is 13. The van der Waals surface area contributed by atoms with Gasteiger partial charge in [-0.1, -0.05) is 84.0 Å².